The molecule has 0 saturated carbocycles. The van der Waals surface area contributed by atoms with Crippen LogP contribution in [0.1, 0.15) is 10.4 Å². The molecule has 9 heteroatoms. The summed E-state index contributed by atoms with van der Waals surface area (Å²) in [5.41, 5.74) is -0.0865. The summed E-state index contributed by atoms with van der Waals surface area (Å²) < 4.78 is 5.64. The number of nitro groups is 1. The van der Waals surface area contributed by atoms with Crippen LogP contribution in [0.2, 0.25) is 5.02 Å². The molecule has 0 aromatic heterocycles. The molecule has 1 atom stereocenters. The number of carbonyl (C=O) groups excluding carboxylic acids is 2. The zero-order chi connectivity index (χ0) is 18.8. The van der Waals surface area contributed by atoms with Gasteiger partial charge in [-0.15, -0.1) is 0 Å². The maximum absolute atomic E-state index is 13.0. The first-order chi connectivity index (χ1) is 12.4. The number of amides is 2. The van der Waals surface area contributed by atoms with Crippen molar-refractivity contribution in [2.45, 2.75) is 6.10 Å². The number of rotatable bonds is 3. The van der Waals surface area contributed by atoms with E-state index in [2.05, 4.69) is 5.32 Å². The maximum atomic E-state index is 13.0. The smallest absolute Gasteiger partial charge is 0.283 e. The fraction of sp³-hybridized carbons (Fsp3) is 0.176. The fourth-order valence-electron chi connectivity index (χ4n) is 2.71. The van der Waals surface area contributed by atoms with Crippen LogP contribution in [-0.2, 0) is 4.79 Å². The van der Waals surface area contributed by atoms with E-state index < -0.39 is 28.5 Å². The van der Waals surface area contributed by atoms with Crippen molar-refractivity contribution in [2.24, 2.45) is 0 Å². The van der Waals surface area contributed by atoms with Crippen LogP contribution in [0, 0.1) is 10.1 Å². The first kappa shape index (κ1) is 17.7. The summed E-state index contributed by atoms with van der Waals surface area (Å²) in [6.07, 6.45) is -0.926. The number of nitro benzene ring substituents is 1. The van der Waals surface area contributed by atoms with Crippen LogP contribution in [0.15, 0.2) is 42.5 Å². The minimum atomic E-state index is -0.926. The van der Waals surface area contributed by atoms with Gasteiger partial charge in [-0.05, 0) is 24.3 Å². The summed E-state index contributed by atoms with van der Waals surface area (Å²) in [5.74, 6) is -0.668. The van der Waals surface area contributed by atoms with Crippen LogP contribution < -0.4 is 15.0 Å². The Balaban J connectivity index is 2.06. The Morgan fingerprint density at radius 3 is 2.73 bits per heavy atom. The monoisotopic (exact) mass is 375 g/mol. The molecule has 1 N–H and O–H groups in total. The normalized spacial score (nSPS) is 15.6. The van der Waals surface area contributed by atoms with Crippen LogP contribution >= 0.6 is 11.6 Å². The molecule has 0 bridgehead atoms. The molecule has 0 aliphatic carbocycles. The summed E-state index contributed by atoms with van der Waals surface area (Å²) in [6.45, 7) is -0.0741. The molecule has 2 aromatic rings. The number of ether oxygens (including phenoxy) is 1. The highest BCUT2D eigenvalue weighted by atomic mass is 35.5. The van der Waals surface area contributed by atoms with Crippen LogP contribution in [0.25, 0.3) is 0 Å². The largest absolute Gasteiger partial charge is 0.477 e. The van der Waals surface area contributed by atoms with Gasteiger partial charge in [-0.3, -0.25) is 19.7 Å². The molecule has 0 fully saturated rings. The molecular formula is C17H14ClN3O5. The van der Waals surface area contributed by atoms with E-state index in [1.807, 2.05) is 0 Å². The van der Waals surface area contributed by atoms with Gasteiger partial charge in [-0.2, -0.15) is 0 Å². The molecule has 2 aromatic carbocycles. The average molecular weight is 376 g/mol. The topological polar surface area (TPSA) is 102 Å². The summed E-state index contributed by atoms with van der Waals surface area (Å²) >= 11 is 5.81. The Morgan fingerprint density at radius 1 is 1.31 bits per heavy atom. The summed E-state index contributed by atoms with van der Waals surface area (Å²) in [4.78, 5) is 37.0. The van der Waals surface area contributed by atoms with E-state index in [-0.39, 0.29) is 17.1 Å². The molecule has 3 rings (SSSR count). The lowest BCUT2D eigenvalue weighted by Crippen LogP contribution is -2.50. The molecule has 1 aliphatic rings. The number of fused-ring (bicyclic) bond motifs is 1. The minimum absolute atomic E-state index is 0.0741. The van der Waals surface area contributed by atoms with Gasteiger partial charge in [0.1, 0.15) is 11.3 Å². The third kappa shape index (κ3) is 3.18. The zero-order valence-electron chi connectivity index (χ0n) is 13.6. The van der Waals surface area contributed by atoms with E-state index in [1.54, 1.807) is 24.3 Å². The molecule has 0 saturated heterocycles. The lowest BCUT2D eigenvalue weighted by atomic mass is 10.1. The van der Waals surface area contributed by atoms with Gasteiger partial charge in [-0.25, -0.2) is 0 Å². The number of nitrogens with zero attached hydrogens (tertiary/aromatic N) is 2. The maximum Gasteiger partial charge on any atom is 0.283 e. The Bertz CT molecular complexity index is 902. The van der Waals surface area contributed by atoms with Crippen molar-refractivity contribution in [3.63, 3.8) is 0 Å². The van der Waals surface area contributed by atoms with Gasteiger partial charge in [0.2, 0.25) is 0 Å². The Labute approximate surface area is 153 Å². The molecule has 1 aliphatic heterocycles. The number of para-hydroxylation sites is 2. The van der Waals surface area contributed by atoms with Gasteiger partial charge in [0.05, 0.1) is 17.2 Å². The Morgan fingerprint density at radius 2 is 2.04 bits per heavy atom. The van der Waals surface area contributed by atoms with Gasteiger partial charge in [0.25, 0.3) is 17.5 Å². The van der Waals surface area contributed by atoms with Crippen LogP contribution in [0.3, 0.4) is 0 Å². The molecule has 0 spiro atoms. The third-order valence-electron chi connectivity index (χ3n) is 3.94. The lowest BCUT2D eigenvalue weighted by molar-refractivity contribution is -0.385. The van der Waals surface area contributed by atoms with Crippen molar-refractivity contribution >= 4 is 34.8 Å². The average Bonchev–Trinajstić information content (AvgIpc) is 2.65. The number of hydrogen-bond donors (Lipinski definition) is 1. The van der Waals surface area contributed by atoms with Crippen LogP contribution in [0.4, 0.5) is 11.4 Å². The highest BCUT2D eigenvalue weighted by molar-refractivity contribution is 6.31. The number of hydrogen-bond acceptors (Lipinski definition) is 5. The Kier molecular flexibility index (Phi) is 4.77. The number of halogens is 1. The quantitative estimate of drug-likeness (QED) is 0.655. The lowest BCUT2D eigenvalue weighted by Gasteiger charge is -2.33. The summed E-state index contributed by atoms with van der Waals surface area (Å²) in [7, 11) is 1.46. The number of benzene rings is 2. The fourth-order valence-corrected chi connectivity index (χ4v) is 2.87. The molecule has 26 heavy (non-hydrogen) atoms. The molecular weight excluding hydrogens is 362 g/mol. The van der Waals surface area contributed by atoms with Crippen LogP contribution in [-0.4, -0.2) is 36.4 Å². The van der Waals surface area contributed by atoms with Crippen molar-refractivity contribution < 1.29 is 19.2 Å². The second-order valence-corrected chi connectivity index (χ2v) is 5.96. The first-order valence-electron chi connectivity index (χ1n) is 7.65. The third-order valence-corrected chi connectivity index (χ3v) is 4.18. The highest BCUT2D eigenvalue weighted by Gasteiger charge is 2.35. The van der Waals surface area contributed by atoms with Gasteiger partial charge < -0.3 is 15.0 Å². The highest BCUT2D eigenvalue weighted by Crippen LogP contribution is 2.35. The van der Waals surface area contributed by atoms with E-state index in [4.69, 9.17) is 16.3 Å². The molecule has 1 heterocycles. The van der Waals surface area contributed by atoms with Gasteiger partial charge in [-0.1, -0.05) is 23.7 Å². The molecule has 0 radical (unpaired) electrons. The molecule has 8 nitrogen and oxygen atoms in total. The van der Waals surface area contributed by atoms with E-state index >= 15 is 0 Å². The predicted molar refractivity (Wildman–Crippen MR) is 94.7 cm³/mol. The second-order valence-electron chi connectivity index (χ2n) is 5.52. The van der Waals surface area contributed by atoms with E-state index in [9.17, 15) is 19.7 Å². The predicted octanol–water partition coefficient (Wildman–Crippen LogP) is 2.40. The Hall–Kier alpha value is -3.13. The molecule has 0 unspecified atom stereocenters. The second kappa shape index (κ2) is 7.01. The van der Waals surface area contributed by atoms with Gasteiger partial charge in [0, 0.05) is 18.1 Å². The van der Waals surface area contributed by atoms with Crippen molar-refractivity contribution in [3.8, 4) is 5.75 Å². The number of likely N-dealkylation sites (N-methyl/N-ethyl adjacent to an activating group) is 1. The SMILES string of the molecule is CNC(=O)[C@H]1CN(C(=O)c2ccc(Cl)cc2[N+](=O)[O-])c2ccccc2O1. The number of nitrogens with one attached hydrogen (secondary N) is 1. The summed E-state index contributed by atoms with van der Waals surface area (Å²) in [5, 5.41) is 13.9. The standard InChI is InChI=1S/C17H14ClN3O5/c1-19-16(22)15-9-20(12-4-2-3-5-14(12)26-15)17(23)11-7-6-10(18)8-13(11)21(24)25/h2-8,15H,9H2,1H3,(H,19,22)/t15-/m1/s1. The zero-order valence-corrected chi connectivity index (χ0v) is 14.4. The van der Waals surface area contributed by atoms with Crippen molar-refractivity contribution in [3.05, 3.63) is 63.2 Å². The van der Waals surface area contributed by atoms with Gasteiger partial charge >= 0.3 is 0 Å². The van der Waals surface area contributed by atoms with Crippen molar-refractivity contribution in [1.29, 1.82) is 0 Å². The van der Waals surface area contributed by atoms with Crippen LogP contribution in [0.5, 0.6) is 5.75 Å². The van der Waals surface area contributed by atoms with Crippen molar-refractivity contribution in [1.82, 2.24) is 5.32 Å². The minimum Gasteiger partial charge on any atom is -0.477 e. The van der Waals surface area contributed by atoms with Gasteiger partial charge in [0.15, 0.2) is 6.10 Å². The molecule has 2 amide bonds. The van der Waals surface area contributed by atoms with E-state index in [0.717, 1.165) is 6.07 Å². The van der Waals surface area contributed by atoms with E-state index in [0.29, 0.717) is 11.4 Å². The van der Waals surface area contributed by atoms with E-state index in [1.165, 1.54) is 24.1 Å². The number of anilines is 1. The summed E-state index contributed by atoms with van der Waals surface area (Å²) in [6, 6.07) is 10.5. The first-order valence-corrected chi connectivity index (χ1v) is 8.03. The molecule has 134 valence electrons. The van der Waals surface area contributed by atoms with Crippen molar-refractivity contribution in [2.75, 3.05) is 18.5 Å². The number of carbonyl (C=O) groups is 2.